The molecule has 3 heteroatoms. The average molecular weight is 228 g/mol. The third-order valence-corrected chi connectivity index (χ3v) is 2.72. The summed E-state index contributed by atoms with van der Waals surface area (Å²) in [5.41, 5.74) is 5.37. The van der Waals surface area contributed by atoms with Gasteiger partial charge in [-0.25, -0.2) is 0 Å². The molecule has 1 heterocycles. The van der Waals surface area contributed by atoms with Gasteiger partial charge in [-0.05, 0) is 24.6 Å². The van der Waals surface area contributed by atoms with Gasteiger partial charge in [0.05, 0.1) is 6.04 Å². The quantitative estimate of drug-likeness (QED) is 0.791. The summed E-state index contributed by atoms with van der Waals surface area (Å²) in [5.74, 6) is 0. The number of hydroxylamine groups is 1. The van der Waals surface area contributed by atoms with Gasteiger partial charge in [0.15, 0.2) is 0 Å². The number of hydrogen-bond acceptors (Lipinski definition) is 3. The minimum atomic E-state index is -0.120. The average Bonchev–Trinajstić information content (AvgIpc) is 2.37. The highest BCUT2D eigenvalue weighted by Gasteiger charge is 2.11. The lowest BCUT2D eigenvalue weighted by atomic mass is 10.0. The highest BCUT2D eigenvalue weighted by molar-refractivity contribution is 5.21. The van der Waals surface area contributed by atoms with Crippen molar-refractivity contribution in [2.75, 3.05) is 0 Å². The van der Waals surface area contributed by atoms with E-state index in [0.717, 1.165) is 17.0 Å². The molecule has 0 bridgehead atoms. The lowest BCUT2D eigenvalue weighted by Gasteiger charge is -2.15. The third kappa shape index (κ3) is 3.12. The van der Waals surface area contributed by atoms with E-state index in [-0.39, 0.29) is 6.04 Å². The maximum Gasteiger partial charge on any atom is 0.0624 e. The monoisotopic (exact) mass is 228 g/mol. The van der Waals surface area contributed by atoms with E-state index < -0.39 is 0 Å². The number of aromatic nitrogens is 1. The second kappa shape index (κ2) is 5.57. The Morgan fingerprint density at radius 2 is 1.88 bits per heavy atom. The molecular formula is C14H16N2O. The van der Waals surface area contributed by atoms with Gasteiger partial charge in [-0.1, -0.05) is 36.4 Å². The fraction of sp³-hybridized carbons (Fsp3) is 0.214. The van der Waals surface area contributed by atoms with Crippen LogP contribution in [0.3, 0.4) is 0 Å². The van der Waals surface area contributed by atoms with E-state index in [1.165, 1.54) is 0 Å². The van der Waals surface area contributed by atoms with Gasteiger partial charge in [0.2, 0.25) is 0 Å². The van der Waals surface area contributed by atoms with Crippen molar-refractivity contribution in [2.45, 2.75) is 19.4 Å². The smallest absolute Gasteiger partial charge is 0.0624 e. The van der Waals surface area contributed by atoms with Crippen LogP contribution < -0.4 is 5.48 Å². The maximum atomic E-state index is 9.23. The van der Waals surface area contributed by atoms with Crippen LogP contribution in [0, 0.1) is 6.92 Å². The zero-order chi connectivity index (χ0) is 12.1. The van der Waals surface area contributed by atoms with Gasteiger partial charge >= 0.3 is 0 Å². The summed E-state index contributed by atoms with van der Waals surface area (Å²) in [4.78, 5) is 4.44. The molecule has 0 fully saturated rings. The van der Waals surface area contributed by atoms with E-state index in [2.05, 4.69) is 10.5 Å². The molecule has 1 aromatic carbocycles. The third-order valence-electron chi connectivity index (χ3n) is 2.72. The van der Waals surface area contributed by atoms with Crippen LogP contribution in [-0.4, -0.2) is 10.2 Å². The highest BCUT2D eigenvalue weighted by Crippen LogP contribution is 2.16. The SMILES string of the molecule is Cc1cccc(CC(NO)c2ccccc2)n1. The van der Waals surface area contributed by atoms with Crippen LogP contribution in [0.5, 0.6) is 0 Å². The molecule has 0 radical (unpaired) electrons. The van der Waals surface area contributed by atoms with Gasteiger partial charge in [-0.3, -0.25) is 4.98 Å². The van der Waals surface area contributed by atoms with Crippen molar-refractivity contribution < 1.29 is 5.21 Å². The molecule has 1 aromatic heterocycles. The van der Waals surface area contributed by atoms with E-state index in [1.54, 1.807) is 0 Å². The van der Waals surface area contributed by atoms with Crippen LogP contribution >= 0.6 is 0 Å². The van der Waals surface area contributed by atoms with E-state index in [1.807, 2.05) is 55.5 Å². The summed E-state index contributed by atoms with van der Waals surface area (Å²) in [5, 5.41) is 9.23. The van der Waals surface area contributed by atoms with E-state index in [4.69, 9.17) is 0 Å². The van der Waals surface area contributed by atoms with Gasteiger partial charge in [0.25, 0.3) is 0 Å². The second-order valence-electron chi connectivity index (χ2n) is 4.07. The van der Waals surface area contributed by atoms with Gasteiger partial charge in [0.1, 0.15) is 0 Å². The molecule has 0 aliphatic carbocycles. The molecule has 17 heavy (non-hydrogen) atoms. The maximum absolute atomic E-state index is 9.23. The predicted molar refractivity (Wildman–Crippen MR) is 66.8 cm³/mol. The molecule has 3 nitrogen and oxygen atoms in total. The molecule has 0 saturated heterocycles. The summed E-state index contributed by atoms with van der Waals surface area (Å²) >= 11 is 0. The molecule has 2 aromatic rings. The fourth-order valence-corrected chi connectivity index (χ4v) is 1.85. The Bertz CT molecular complexity index is 471. The summed E-state index contributed by atoms with van der Waals surface area (Å²) in [7, 11) is 0. The number of nitrogens with zero attached hydrogens (tertiary/aromatic N) is 1. The molecule has 1 unspecified atom stereocenters. The largest absolute Gasteiger partial charge is 0.316 e. The first kappa shape index (κ1) is 11.8. The van der Waals surface area contributed by atoms with Crippen LogP contribution in [0.1, 0.15) is 23.0 Å². The standard InChI is InChI=1S/C14H16N2O/c1-11-6-5-9-13(15-11)10-14(16-17)12-7-3-2-4-8-12/h2-9,14,16-17H,10H2,1H3. The molecule has 0 aliphatic heterocycles. The number of pyridine rings is 1. The Morgan fingerprint density at radius 1 is 1.12 bits per heavy atom. The topological polar surface area (TPSA) is 45.1 Å². The molecule has 2 rings (SSSR count). The van der Waals surface area contributed by atoms with Gasteiger partial charge in [-0.15, -0.1) is 0 Å². The van der Waals surface area contributed by atoms with Crippen molar-refractivity contribution in [3.63, 3.8) is 0 Å². The highest BCUT2D eigenvalue weighted by atomic mass is 16.5. The van der Waals surface area contributed by atoms with Crippen LogP contribution in [0.15, 0.2) is 48.5 Å². The fourth-order valence-electron chi connectivity index (χ4n) is 1.85. The molecule has 0 aliphatic rings. The Hall–Kier alpha value is -1.71. The van der Waals surface area contributed by atoms with Gasteiger partial charge < -0.3 is 5.21 Å². The van der Waals surface area contributed by atoms with E-state index in [9.17, 15) is 5.21 Å². The Balaban J connectivity index is 2.16. The predicted octanol–water partition coefficient (Wildman–Crippen LogP) is 2.65. The Morgan fingerprint density at radius 3 is 2.53 bits per heavy atom. The van der Waals surface area contributed by atoms with Gasteiger partial charge in [0, 0.05) is 17.8 Å². The molecule has 0 spiro atoms. The van der Waals surface area contributed by atoms with Crippen molar-refractivity contribution in [3.8, 4) is 0 Å². The number of hydrogen-bond donors (Lipinski definition) is 2. The van der Waals surface area contributed by atoms with Crippen molar-refractivity contribution in [3.05, 3.63) is 65.5 Å². The first-order chi connectivity index (χ1) is 8.29. The minimum Gasteiger partial charge on any atom is -0.316 e. The molecular weight excluding hydrogens is 212 g/mol. The Kier molecular flexibility index (Phi) is 3.85. The first-order valence-corrected chi connectivity index (χ1v) is 5.66. The van der Waals surface area contributed by atoms with Crippen molar-refractivity contribution in [2.24, 2.45) is 0 Å². The molecule has 0 amide bonds. The normalized spacial score (nSPS) is 12.4. The van der Waals surface area contributed by atoms with E-state index in [0.29, 0.717) is 6.42 Å². The zero-order valence-electron chi connectivity index (χ0n) is 9.80. The second-order valence-corrected chi connectivity index (χ2v) is 4.07. The number of nitrogens with one attached hydrogen (secondary N) is 1. The summed E-state index contributed by atoms with van der Waals surface area (Å²) in [6.07, 6.45) is 0.669. The van der Waals surface area contributed by atoms with Crippen molar-refractivity contribution >= 4 is 0 Å². The lowest BCUT2D eigenvalue weighted by molar-refractivity contribution is 0.125. The Labute approximate surface area is 101 Å². The summed E-state index contributed by atoms with van der Waals surface area (Å²) < 4.78 is 0. The number of benzene rings is 1. The van der Waals surface area contributed by atoms with Gasteiger partial charge in [-0.2, -0.15) is 5.48 Å². The minimum absolute atomic E-state index is 0.120. The molecule has 2 N–H and O–H groups in total. The van der Waals surface area contributed by atoms with Crippen LogP contribution in [0.4, 0.5) is 0 Å². The zero-order valence-corrected chi connectivity index (χ0v) is 9.80. The first-order valence-electron chi connectivity index (χ1n) is 5.66. The molecule has 1 atom stereocenters. The number of rotatable bonds is 4. The lowest BCUT2D eigenvalue weighted by Crippen LogP contribution is -2.20. The number of aryl methyl sites for hydroxylation is 1. The van der Waals surface area contributed by atoms with Crippen LogP contribution in [0.25, 0.3) is 0 Å². The van der Waals surface area contributed by atoms with Crippen molar-refractivity contribution in [1.82, 2.24) is 10.5 Å². The molecule has 88 valence electrons. The van der Waals surface area contributed by atoms with E-state index >= 15 is 0 Å². The summed E-state index contributed by atoms with van der Waals surface area (Å²) in [6.45, 7) is 1.97. The summed E-state index contributed by atoms with van der Waals surface area (Å²) in [6, 6.07) is 15.7. The van der Waals surface area contributed by atoms with Crippen LogP contribution in [-0.2, 0) is 6.42 Å². The van der Waals surface area contributed by atoms with Crippen molar-refractivity contribution in [1.29, 1.82) is 0 Å². The van der Waals surface area contributed by atoms with Crippen LogP contribution in [0.2, 0.25) is 0 Å². The molecule has 0 saturated carbocycles.